The largest absolute Gasteiger partial charge is 0.496 e. The minimum Gasteiger partial charge on any atom is -0.496 e. The Balaban J connectivity index is 2.43. The van der Waals surface area contributed by atoms with E-state index in [1.54, 1.807) is 7.11 Å². The third-order valence-electron chi connectivity index (χ3n) is 3.26. The normalized spacial score (nSPS) is 28.2. The average Bonchev–Trinajstić information content (AvgIpc) is 2.32. The Morgan fingerprint density at radius 2 is 1.89 bits per heavy atom. The molecule has 1 fully saturated rings. The Labute approximate surface area is 108 Å². The van der Waals surface area contributed by atoms with Crippen LogP contribution in [0, 0.1) is 13.8 Å². The van der Waals surface area contributed by atoms with Gasteiger partial charge in [0, 0.05) is 0 Å². The highest BCUT2D eigenvalue weighted by atomic mass is 16.7. The zero-order valence-electron chi connectivity index (χ0n) is 11.4. The van der Waals surface area contributed by atoms with Crippen molar-refractivity contribution in [2.75, 3.05) is 20.3 Å². The predicted octanol–water partition coefficient (Wildman–Crippen LogP) is 1.86. The van der Waals surface area contributed by atoms with Gasteiger partial charge in [-0.2, -0.15) is 0 Å². The summed E-state index contributed by atoms with van der Waals surface area (Å²) in [4.78, 5) is 0. The lowest BCUT2D eigenvalue weighted by atomic mass is 9.97. The van der Waals surface area contributed by atoms with Crippen LogP contribution in [0.25, 0.3) is 0 Å². The Kier molecular flexibility index (Phi) is 3.61. The van der Waals surface area contributed by atoms with E-state index in [1.807, 2.05) is 26.8 Å². The minimum atomic E-state index is -0.779. The molecular weight excluding hydrogens is 230 g/mol. The number of nitrogens with two attached hydrogens (primary N) is 1. The van der Waals surface area contributed by atoms with Crippen LogP contribution in [0.5, 0.6) is 5.75 Å². The molecule has 0 aromatic heterocycles. The van der Waals surface area contributed by atoms with Gasteiger partial charge in [0.15, 0.2) is 5.79 Å². The summed E-state index contributed by atoms with van der Waals surface area (Å²) < 4.78 is 17.1. The van der Waals surface area contributed by atoms with Gasteiger partial charge in [0.25, 0.3) is 0 Å². The van der Waals surface area contributed by atoms with Gasteiger partial charge in [-0.15, -0.1) is 0 Å². The maximum atomic E-state index is 5.80. The Morgan fingerprint density at radius 1 is 1.28 bits per heavy atom. The number of ether oxygens (including phenoxy) is 3. The third kappa shape index (κ3) is 2.36. The molecule has 2 rings (SSSR count). The maximum Gasteiger partial charge on any atom is 0.195 e. The number of aryl methyl sites for hydroxylation is 2. The topological polar surface area (TPSA) is 53.7 Å². The molecule has 0 aliphatic carbocycles. The zero-order chi connectivity index (χ0) is 13.3. The summed E-state index contributed by atoms with van der Waals surface area (Å²) in [6, 6.07) is 4.04. The number of methoxy groups -OCH3 is 1. The van der Waals surface area contributed by atoms with E-state index in [0.717, 1.165) is 22.4 Å². The van der Waals surface area contributed by atoms with Crippen molar-refractivity contribution in [2.45, 2.75) is 32.6 Å². The lowest BCUT2D eigenvalue weighted by Crippen LogP contribution is -2.46. The molecular formula is C14H21NO3. The monoisotopic (exact) mass is 251 g/mol. The SMILES string of the molecule is COc1cc(C)cc(C)c1C1(C)OCC(N)CO1. The molecule has 1 aliphatic heterocycles. The van der Waals surface area contributed by atoms with Crippen LogP contribution in [0.15, 0.2) is 12.1 Å². The summed E-state index contributed by atoms with van der Waals surface area (Å²) in [5, 5.41) is 0. The first-order chi connectivity index (χ1) is 8.46. The molecule has 18 heavy (non-hydrogen) atoms. The number of hydrogen-bond donors (Lipinski definition) is 1. The predicted molar refractivity (Wildman–Crippen MR) is 69.7 cm³/mol. The molecule has 1 aliphatic rings. The molecule has 1 saturated heterocycles. The summed E-state index contributed by atoms with van der Waals surface area (Å²) >= 11 is 0. The molecule has 2 N–H and O–H groups in total. The molecule has 0 radical (unpaired) electrons. The van der Waals surface area contributed by atoms with E-state index < -0.39 is 5.79 Å². The van der Waals surface area contributed by atoms with Crippen molar-refractivity contribution in [1.29, 1.82) is 0 Å². The molecule has 1 aromatic rings. The van der Waals surface area contributed by atoms with Crippen LogP contribution < -0.4 is 10.5 Å². The van der Waals surface area contributed by atoms with Gasteiger partial charge in [-0.05, 0) is 38.0 Å². The highest BCUT2D eigenvalue weighted by Gasteiger charge is 2.37. The second-order valence-corrected chi connectivity index (χ2v) is 4.99. The van der Waals surface area contributed by atoms with Gasteiger partial charge in [0.2, 0.25) is 0 Å². The molecule has 0 atom stereocenters. The molecule has 0 unspecified atom stereocenters. The molecule has 100 valence electrons. The molecule has 4 nitrogen and oxygen atoms in total. The quantitative estimate of drug-likeness (QED) is 0.871. The summed E-state index contributed by atoms with van der Waals surface area (Å²) in [5.74, 6) is 0.0180. The van der Waals surface area contributed by atoms with Crippen LogP contribution in [0.1, 0.15) is 23.6 Å². The summed E-state index contributed by atoms with van der Waals surface area (Å²) in [6.45, 7) is 6.98. The van der Waals surface area contributed by atoms with Crippen molar-refractivity contribution in [2.24, 2.45) is 5.73 Å². The average molecular weight is 251 g/mol. The smallest absolute Gasteiger partial charge is 0.195 e. The fraction of sp³-hybridized carbons (Fsp3) is 0.571. The first kappa shape index (κ1) is 13.3. The van der Waals surface area contributed by atoms with Crippen LogP contribution in [-0.2, 0) is 15.3 Å². The van der Waals surface area contributed by atoms with Gasteiger partial charge < -0.3 is 19.9 Å². The van der Waals surface area contributed by atoms with Crippen LogP contribution in [0.4, 0.5) is 0 Å². The molecule has 4 heteroatoms. The molecule has 0 spiro atoms. The van der Waals surface area contributed by atoms with Crippen LogP contribution in [-0.4, -0.2) is 26.4 Å². The van der Waals surface area contributed by atoms with Crippen molar-refractivity contribution in [3.8, 4) is 5.75 Å². The number of benzene rings is 1. The van der Waals surface area contributed by atoms with Crippen molar-refractivity contribution >= 4 is 0 Å². The second kappa shape index (κ2) is 4.88. The van der Waals surface area contributed by atoms with E-state index in [-0.39, 0.29) is 6.04 Å². The number of hydrogen-bond acceptors (Lipinski definition) is 4. The fourth-order valence-corrected chi connectivity index (χ4v) is 2.44. The Bertz CT molecular complexity index is 437. The van der Waals surface area contributed by atoms with E-state index >= 15 is 0 Å². The second-order valence-electron chi connectivity index (χ2n) is 4.99. The zero-order valence-corrected chi connectivity index (χ0v) is 11.4. The van der Waals surface area contributed by atoms with E-state index in [9.17, 15) is 0 Å². The van der Waals surface area contributed by atoms with E-state index in [0.29, 0.717) is 13.2 Å². The van der Waals surface area contributed by atoms with Gasteiger partial charge in [-0.1, -0.05) is 6.07 Å². The summed E-state index contributed by atoms with van der Waals surface area (Å²) in [6.07, 6.45) is 0. The first-order valence-corrected chi connectivity index (χ1v) is 6.15. The van der Waals surface area contributed by atoms with E-state index in [1.165, 1.54) is 0 Å². The maximum absolute atomic E-state index is 5.80. The van der Waals surface area contributed by atoms with E-state index in [4.69, 9.17) is 19.9 Å². The van der Waals surface area contributed by atoms with Crippen molar-refractivity contribution < 1.29 is 14.2 Å². The van der Waals surface area contributed by atoms with Gasteiger partial charge in [0.05, 0.1) is 31.9 Å². The molecule has 1 heterocycles. The lowest BCUT2D eigenvalue weighted by Gasteiger charge is -2.38. The molecule has 0 bridgehead atoms. The Morgan fingerprint density at radius 3 is 2.44 bits per heavy atom. The van der Waals surface area contributed by atoms with Gasteiger partial charge in [-0.25, -0.2) is 0 Å². The highest BCUT2D eigenvalue weighted by Crippen LogP contribution is 2.38. The van der Waals surface area contributed by atoms with Crippen LogP contribution in [0.3, 0.4) is 0 Å². The first-order valence-electron chi connectivity index (χ1n) is 6.15. The minimum absolute atomic E-state index is 0.0603. The molecule has 0 saturated carbocycles. The molecule has 1 aromatic carbocycles. The van der Waals surface area contributed by atoms with Crippen molar-refractivity contribution in [1.82, 2.24) is 0 Å². The highest BCUT2D eigenvalue weighted by molar-refractivity contribution is 5.45. The van der Waals surface area contributed by atoms with Gasteiger partial charge in [0.1, 0.15) is 5.75 Å². The van der Waals surface area contributed by atoms with E-state index in [2.05, 4.69) is 6.07 Å². The van der Waals surface area contributed by atoms with Crippen LogP contribution >= 0.6 is 0 Å². The summed E-state index contributed by atoms with van der Waals surface area (Å²) in [7, 11) is 1.66. The molecule has 0 amide bonds. The van der Waals surface area contributed by atoms with Crippen molar-refractivity contribution in [3.63, 3.8) is 0 Å². The van der Waals surface area contributed by atoms with Gasteiger partial charge >= 0.3 is 0 Å². The third-order valence-corrected chi connectivity index (χ3v) is 3.26. The standard InChI is InChI=1S/C14H21NO3/c1-9-5-10(2)13(12(6-9)16-4)14(3)17-7-11(15)8-18-14/h5-6,11H,7-8,15H2,1-4H3. The number of rotatable bonds is 2. The fourth-order valence-electron chi connectivity index (χ4n) is 2.44. The van der Waals surface area contributed by atoms with Gasteiger partial charge in [-0.3, -0.25) is 0 Å². The van der Waals surface area contributed by atoms with Crippen molar-refractivity contribution in [3.05, 3.63) is 28.8 Å². The Hall–Kier alpha value is -1.10. The lowest BCUT2D eigenvalue weighted by molar-refractivity contribution is -0.270. The summed E-state index contributed by atoms with van der Waals surface area (Å²) in [5.41, 5.74) is 8.99. The van der Waals surface area contributed by atoms with Crippen LogP contribution in [0.2, 0.25) is 0 Å².